The van der Waals surface area contributed by atoms with Crippen molar-refractivity contribution in [2.75, 3.05) is 0 Å². The number of ketones is 1. The molecule has 3 saturated carbocycles. The first-order valence-electron chi connectivity index (χ1n) is 10.1. The molecule has 0 amide bonds. The fourth-order valence-electron chi connectivity index (χ4n) is 6.73. The molecule has 0 heterocycles. The van der Waals surface area contributed by atoms with Gasteiger partial charge < -0.3 is 4.74 Å². The van der Waals surface area contributed by atoms with Crippen LogP contribution in [-0.2, 0) is 19.1 Å². The van der Waals surface area contributed by atoms with Gasteiger partial charge in [0, 0.05) is 12.3 Å². The molecule has 0 unspecified atom stereocenters. The second-order valence-electron chi connectivity index (χ2n) is 9.15. The summed E-state index contributed by atoms with van der Waals surface area (Å²) in [6, 6.07) is 0. The molecule has 27 heavy (non-hydrogen) atoms. The molecule has 0 bridgehead atoms. The third-order valence-electron chi connectivity index (χ3n) is 8.00. The lowest BCUT2D eigenvalue weighted by molar-refractivity contribution is -0.138. The van der Waals surface area contributed by atoms with Gasteiger partial charge in [-0.05, 0) is 79.4 Å². The zero-order valence-electron chi connectivity index (χ0n) is 16.4. The second kappa shape index (κ2) is 6.29. The molecule has 4 nitrogen and oxygen atoms in total. The van der Waals surface area contributed by atoms with Crippen molar-refractivity contribution in [1.29, 1.82) is 0 Å². The summed E-state index contributed by atoms with van der Waals surface area (Å²) in [5.74, 6) is 1.55. The van der Waals surface area contributed by atoms with Crippen LogP contribution in [0.4, 0.5) is 0 Å². The van der Waals surface area contributed by atoms with Crippen LogP contribution in [0.15, 0.2) is 35.1 Å². The van der Waals surface area contributed by atoms with Crippen molar-refractivity contribution in [2.45, 2.75) is 59.3 Å². The first-order valence-corrected chi connectivity index (χ1v) is 10.1. The molecule has 4 rings (SSSR count). The summed E-state index contributed by atoms with van der Waals surface area (Å²) in [6.45, 7) is 5.90. The summed E-state index contributed by atoms with van der Waals surface area (Å²) >= 11 is 0. The van der Waals surface area contributed by atoms with Crippen LogP contribution < -0.4 is 0 Å². The molecule has 0 aliphatic heterocycles. The van der Waals surface area contributed by atoms with Crippen LogP contribution >= 0.6 is 0 Å². The first kappa shape index (κ1) is 18.4. The maximum absolute atomic E-state index is 11.8. The molecular weight excluding hydrogens is 340 g/mol. The van der Waals surface area contributed by atoms with Crippen molar-refractivity contribution in [3.05, 3.63) is 35.1 Å². The van der Waals surface area contributed by atoms with Gasteiger partial charge in [-0.2, -0.15) is 0 Å². The minimum atomic E-state index is -0.428. The van der Waals surface area contributed by atoms with E-state index in [0.29, 0.717) is 17.8 Å². The fourth-order valence-corrected chi connectivity index (χ4v) is 6.73. The minimum Gasteiger partial charge on any atom is -0.423 e. The number of aldehydes is 1. The Morgan fingerprint density at radius 3 is 2.67 bits per heavy atom. The van der Waals surface area contributed by atoms with Gasteiger partial charge in [-0.15, -0.1) is 0 Å². The van der Waals surface area contributed by atoms with E-state index in [-0.39, 0.29) is 22.4 Å². The Kier molecular flexibility index (Phi) is 4.28. The van der Waals surface area contributed by atoms with Gasteiger partial charge in [-0.3, -0.25) is 14.4 Å². The summed E-state index contributed by atoms with van der Waals surface area (Å²) < 4.78 is 5.27. The fraction of sp³-hybridized carbons (Fsp3) is 0.609. The number of hydrogen-bond donors (Lipinski definition) is 0. The molecule has 5 atom stereocenters. The van der Waals surface area contributed by atoms with Crippen molar-refractivity contribution in [1.82, 2.24) is 0 Å². The van der Waals surface area contributed by atoms with E-state index in [9.17, 15) is 14.4 Å². The predicted molar refractivity (Wildman–Crippen MR) is 101 cm³/mol. The van der Waals surface area contributed by atoms with Crippen molar-refractivity contribution in [2.24, 2.45) is 28.6 Å². The highest BCUT2D eigenvalue weighted by atomic mass is 16.5. The van der Waals surface area contributed by atoms with Gasteiger partial charge >= 0.3 is 5.97 Å². The largest absolute Gasteiger partial charge is 0.423 e. The van der Waals surface area contributed by atoms with Crippen LogP contribution in [0.1, 0.15) is 59.3 Å². The van der Waals surface area contributed by atoms with Crippen LogP contribution in [0, 0.1) is 28.6 Å². The third kappa shape index (κ3) is 2.67. The average Bonchev–Trinajstić information content (AvgIpc) is 2.97. The van der Waals surface area contributed by atoms with Gasteiger partial charge in [-0.25, -0.2) is 0 Å². The number of esters is 1. The van der Waals surface area contributed by atoms with Crippen LogP contribution in [-0.4, -0.2) is 18.0 Å². The van der Waals surface area contributed by atoms with Gasteiger partial charge in [0.15, 0.2) is 17.8 Å². The van der Waals surface area contributed by atoms with E-state index >= 15 is 0 Å². The molecule has 4 heteroatoms. The van der Waals surface area contributed by atoms with Crippen LogP contribution in [0.5, 0.6) is 0 Å². The van der Waals surface area contributed by atoms with E-state index in [0.717, 1.165) is 50.4 Å². The molecule has 0 spiro atoms. The van der Waals surface area contributed by atoms with Crippen LogP contribution in [0.3, 0.4) is 0 Å². The summed E-state index contributed by atoms with van der Waals surface area (Å²) in [4.78, 5) is 34.9. The number of hydrogen-bond acceptors (Lipinski definition) is 4. The second-order valence-corrected chi connectivity index (χ2v) is 9.15. The molecule has 0 saturated heterocycles. The third-order valence-corrected chi connectivity index (χ3v) is 8.00. The maximum atomic E-state index is 11.8. The summed E-state index contributed by atoms with van der Waals surface area (Å²) in [5.41, 5.74) is 2.24. The van der Waals surface area contributed by atoms with Gasteiger partial charge in [0.1, 0.15) is 0 Å². The summed E-state index contributed by atoms with van der Waals surface area (Å²) in [6.07, 6.45) is 12.5. The molecule has 4 aliphatic rings. The molecule has 0 aromatic carbocycles. The lowest BCUT2D eigenvalue weighted by Crippen LogP contribution is -2.48. The predicted octanol–water partition coefficient (Wildman–Crippen LogP) is 4.31. The number of carbonyl (C=O) groups excluding carboxylic acids is 3. The first-order chi connectivity index (χ1) is 12.8. The molecular formula is C23H28O4. The van der Waals surface area contributed by atoms with Gasteiger partial charge in [0.2, 0.25) is 0 Å². The Morgan fingerprint density at radius 2 is 1.96 bits per heavy atom. The quantitative estimate of drug-likeness (QED) is 0.315. The van der Waals surface area contributed by atoms with E-state index in [1.807, 2.05) is 6.08 Å². The number of allylic oxidation sites excluding steroid dienone is 6. The van der Waals surface area contributed by atoms with Gasteiger partial charge in [-0.1, -0.05) is 25.5 Å². The Labute approximate surface area is 160 Å². The minimum absolute atomic E-state index is 0.0198. The van der Waals surface area contributed by atoms with E-state index in [2.05, 4.69) is 19.9 Å². The molecule has 0 aromatic rings. The SMILES string of the molecule is CC(=O)OC(C=O)=C1CC[C@H]2[C@@H]3CCC4=CC(=O)C=C[C@]4(C)[C@H]3CC[C@]12C. The normalized spacial score (nSPS) is 41.8. The van der Waals surface area contributed by atoms with Crippen molar-refractivity contribution in [3.63, 3.8) is 0 Å². The molecule has 0 radical (unpaired) electrons. The summed E-state index contributed by atoms with van der Waals surface area (Å²) in [5, 5.41) is 0. The zero-order valence-corrected chi connectivity index (χ0v) is 16.4. The Balaban J connectivity index is 1.69. The standard InChI is InChI=1S/C23H28O4/c1-14(25)27-21(13-24)20-7-6-18-17-5-4-15-12-16(26)8-10-22(15,2)19(17)9-11-23(18,20)3/h8,10,12-13,17-19H,4-7,9,11H2,1-3H3/t17-,18-,19-,22-,23-/m0/s1. The molecule has 4 aliphatic carbocycles. The lowest BCUT2D eigenvalue weighted by Gasteiger charge is -2.56. The van der Waals surface area contributed by atoms with Crippen molar-refractivity contribution < 1.29 is 19.1 Å². The monoisotopic (exact) mass is 368 g/mol. The summed E-state index contributed by atoms with van der Waals surface area (Å²) in [7, 11) is 0. The van der Waals surface area contributed by atoms with E-state index in [1.54, 1.807) is 6.08 Å². The topological polar surface area (TPSA) is 60.4 Å². The van der Waals surface area contributed by atoms with Gasteiger partial charge in [0.05, 0.1) is 0 Å². The van der Waals surface area contributed by atoms with Crippen molar-refractivity contribution >= 4 is 18.0 Å². The molecule has 3 fully saturated rings. The smallest absolute Gasteiger partial charge is 0.308 e. The maximum Gasteiger partial charge on any atom is 0.308 e. The lowest BCUT2D eigenvalue weighted by atomic mass is 9.48. The highest BCUT2D eigenvalue weighted by Crippen LogP contribution is 2.66. The molecule has 0 aromatic heterocycles. The Hall–Kier alpha value is -1.97. The number of carbonyl (C=O) groups is 3. The highest BCUT2D eigenvalue weighted by Gasteiger charge is 2.57. The molecule has 144 valence electrons. The number of fused-ring (bicyclic) bond motifs is 5. The van der Waals surface area contributed by atoms with Crippen LogP contribution in [0.2, 0.25) is 0 Å². The zero-order chi connectivity index (χ0) is 19.4. The highest BCUT2D eigenvalue weighted by molar-refractivity contribution is 6.01. The Bertz CT molecular complexity index is 801. The Morgan fingerprint density at radius 1 is 1.19 bits per heavy atom. The number of ether oxygens (including phenoxy) is 1. The number of rotatable bonds is 2. The van der Waals surface area contributed by atoms with E-state index in [4.69, 9.17) is 4.74 Å². The van der Waals surface area contributed by atoms with Gasteiger partial charge in [0.25, 0.3) is 0 Å². The average molecular weight is 368 g/mol. The van der Waals surface area contributed by atoms with E-state index < -0.39 is 5.97 Å². The van der Waals surface area contributed by atoms with Crippen LogP contribution in [0.25, 0.3) is 0 Å². The molecule has 0 N–H and O–H groups in total. The van der Waals surface area contributed by atoms with Crippen molar-refractivity contribution in [3.8, 4) is 0 Å². The van der Waals surface area contributed by atoms with E-state index in [1.165, 1.54) is 12.5 Å².